The van der Waals surface area contributed by atoms with E-state index in [1.54, 1.807) is 6.20 Å². The number of benzene rings is 2. The molecule has 0 fully saturated rings. The average Bonchev–Trinajstić information content (AvgIpc) is 3.17. The summed E-state index contributed by atoms with van der Waals surface area (Å²) in [6, 6.07) is 25.7. The maximum atomic E-state index is 9.68. The molecular weight excluding hydrogens is 412 g/mol. The lowest BCUT2D eigenvalue weighted by Crippen LogP contribution is -1.93. The quantitative estimate of drug-likeness (QED) is 0.389. The van der Waals surface area contributed by atoms with Crippen LogP contribution in [0.2, 0.25) is 0 Å². The summed E-state index contributed by atoms with van der Waals surface area (Å²) in [6.07, 6.45) is 5.46. The molecule has 0 saturated heterocycles. The van der Waals surface area contributed by atoms with Crippen LogP contribution in [0.25, 0.3) is 28.6 Å². The van der Waals surface area contributed by atoms with Crippen LogP contribution in [0.1, 0.15) is 11.3 Å². The van der Waals surface area contributed by atoms with Crippen molar-refractivity contribution in [3.8, 4) is 23.0 Å². The van der Waals surface area contributed by atoms with Gasteiger partial charge in [-0.1, -0.05) is 52.3 Å². The fraction of sp³-hybridized carbons (Fsp3) is 0. The van der Waals surface area contributed by atoms with E-state index >= 15 is 0 Å². The first-order chi connectivity index (χ1) is 13.7. The van der Waals surface area contributed by atoms with Crippen molar-refractivity contribution >= 4 is 27.6 Å². The van der Waals surface area contributed by atoms with Crippen molar-refractivity contribution in [2.45, 2.75) is 0 Å². The zero-order valence-electron chi connectivity index (χ0n) is 14.8. The van der Waals surface area contributed by atoms with Gasteiger partial charge >= 0.3 is 0 Å². The second kappa shape index (κ2) is 8.03. The third-order valence-corrected chi connectivity index (χ3v) is 4.72. The summed E-state index contributed by atoms with van der Waals surface area (Å²) in [7, 11) is 0. The number of nitrogens with zero attached hydrogens (tertiary/aromatic N) is 4. The predicted molar refractivity (Wildman–Crippen MR) is 114 cm³/mol. The highest BCUT2D eigenvalue weighted by molar-refractivity contribution is 9.10. The molecule has 0 unspecified atom stereocenters. The maximum absolute atomic E-state index is 9.68. The number of aromatic nitrogens is 3. The molecule has 2 aromatic heterocycles. The van der Waals surface area contributed by atoms with Gasteiger partial charge in [-0.2, -0.15) is 10.4 Å². The first-order valence-corrected chi connectivity index (χ1v) is 9.48. The van der Waals surface area contributed by atoms with Gasteiger partial charge in [0.15, 0.2) is 0 Å². The number of halogens is 1. The monoisotopic (exact) mass is 426 g/mol. The first-order valence-electron chi connectivity index (χ1n) is 8.69. The highest BCUT2D eigenvalue weighted by Gasteiger charge is 2.13. The van der Waals surface area contributed by atoms with Crippen molar-refractivity contribution in [1.82, 2.24) is 14.8 Å². The zero-order valence-corrected chi connectivity index (χ0v) is 16.4. The molecule has 4 aromatic rings. The van der Waals surface area contributed by atoms with E-state index in [2.05, 4.69) is 27.0 Å². The Hall–Kier alpha value is -3.49. The van der Waals surface area contributed by atoms with Crippen LogP contribution >= 0.6 is 15.9 Å². The Labute approximate surface area is 171 Å². The van der Waals surface area contributed by atoms with Crippen LogP contribution in [0.5, 0.6) is 0 Å². The van der Waals surface area contributed by atoms with Crippen molar-refractivity contribution in [2.75, 3.05) is 0 Å². The molecule has 0 spiro atoms. The van der Waals surface area contributed by atoms with Gasteiger partial charge in [0.05, 0.1) is 17.0 Å². The number of nitriles is 1. The van der Waals surface area contributed by atoms with Gasteiger partial charge in [-0.05, 0) is 42.5 Å². The van der Waals surface area contributed by atoms with Crippen LogP contribution in [-0.2, 0) is 0 Å². The van der Waals surface area contributed by atoms with Crippen molar-refractivity contribution in [3.63, 3.8) is 0 Å². The average molecular weight is 427 g/mol. The van der Waals surface area contributed by atoms with E-state index in [0.717, 1.165) is 27.0 Å². The maximum Gasteiger partial charge on any atom is 0.101 e. The third kappa shape index (κ3) is 3.78. The van der Waals surface area contributed by atoms with Crippen LogP contribution in [0.4, 0.5) is 0 Å². The largest absolute Gasteiger partial charge is 0.256 e. The van der Waals surface area contributed by atoms with E-state index in [-0.39, 0.29) is 0 Å². The second-order valence-electron chi connectivity index (χ2n) is 6.11. The van der Waals surface area contributed by atoms with Crippen molar-refractivity contribution in [3.05, 3.63) is 101 Å². The van der Waals surface area contributed by atoms with Gasteiger partial charge in [0, 0.05) is 28.0 Å². The Morgan fingerprint density at radius 3 is 2.54 bits per heavy atom. The summed E-state index contributed by atoms with van der Waals surface area (Å²) in [5.74, 6) is 0. The smallest absolute Gasteiger partial charge is 0.101 e. The minimum absolute atomic E-state index is 0.490. The van der Waals surface area contributed by atoms with E-state index in [9.17, 15) is 5.26 Å². The van der Waals surface area contributed by atoms with E-state index in [4.69, 9.17) is 5.10 Å². The molecule has 2 aromatic carbocycles. The highest BCUT2D eigenvalue weighted by atomic mass is 79.9. The van der Waals surface area contributed by atoms with Crippen molar-refractivity contribution in [1.29, 1.82) is 5.26 Å². The second-order valence-corrected chi connectivity index (χ2v) is 7.02. The number of pyridine rings is 1. The summed E-state index contributed by atoms with van der Waals surface area (Å²) in [4.78, 5) is 4.30. The van der Waals surface area contributed by atoms with Gasteiger partial charge in [-0.3, -0.25) is 4.98 Å². The molecule has 0 amide bonds. The van der Waals surface area contributed by atoms with E-state index in [1.807, 2.05) is 89.8 Å². The van der Waals surface area contributed by atoms with E-state index in [0.29, 0.717) is 11.3 Å². The molecule has 4 rings (SSSR count). The molecule has 0 aliphatic heterocycles. The summed E-state index contributed by atoms with van der Waals surface area (Å²) in [5.41, 5.74) is 4.70. The zero-order chi connectivity index (χ0) is 19.3. The van der Waals surface area contributed by atoms with Gasteiger partial charge in [-0.25, -0.2) is 4.68 Å². The Morgan fingerprint density at radius 2 is 1.82 bits per heavy atom. The molecule has 4 nitrogen and oxygen atoms in total. The normalized spacial score (nSPS) is 11.2. The SMILES string of the molecule is N#C/C(=C\c1cn(-c2ccccc2)nc1-c1cccc(Br)c1)c1ccccn1. The molecular formula is C23H15BrN4. The summed E-state index contributed by atoms with van der Waals surface area (Å²) >= 11 is 3.52. The predicted octanol–water partition coefficient (Wildman–Crippen LogP) is 5.76. The molecule has 0 bridgehead atoms. The number of rotatable bonds is 4. The van der Waals surface area contributed by atoms with E-state index in [1.165, 1.54) is 0 Å². The molecule has 0 radical (unpaired) electrons. The minimum atomic E-state index is 0.490. The molecule has 0 atom stereocenters. The lowest BCUT2D eigenvalue weighted by molar-refractivity contribution is 0.884. The van der Waals surface area contributed by atoms with Crippen LogP contribution in [0, 0.1) is 11.3 Å². The summed E-state index contributed by atoms with van der Waals surface area (Å²) in [5, 5.41) is 14.5. The van der Waals surface area contributed by atoms with Gasteiger partial charge in [-0.15, -0.1) is 0 Å². The van der Waals surface area contributed by atoms with Crippen LogP contribution in [0.15, 0.2) is 89.7 Å². The molecule has 0 aliphatic carbocycles. The lowest BCUT2D eigenvalue weighted by atomic mass is 10.0. The summed E-state index contributed by atoms with van der Waals surface area (Å²) < 4.78 is 2.80. The fourth-order valence-electron chi connectivity index (χ4n) is 2.91. The summed E-state index contributed by atoms with van der Waals surface area (Å²) in [6.45, 7) is 0. The Bertz CT molecular complexity index is 1170. The van der Waals surface area contributed by atoms with Crippen LogP contribution in [-0.4, -0.2) is 14.8 Å². The van der Waals surface area contributed by atoms with Gasteiger partial charge in [0.1, 0.15) is 11.8 Å². The standard InChI is InChI=1S/C23H15BrN4/c24-20-8-6-7-17(14-20)23-19(13-18(15-25)22-11-4-5-12-26-22)16-28(27-23)21-9-2-1-3-10-21/h1-14,16H/b18-13+. The molecule has 5 heteroatoms. The molecule has 134 valence electrons. The number of allylic oxidation sites excluding steroid dienone is 1. The van der Waals surface area contributed by atoms with Gasteiger partial charge in [0.2, 0.25) is 0 Å². The highest BCUT2D eigenvalue weighted by Crippen LogP contribution is 2.29. The van der Waals surface area contributed by atoms with Crippen molar-refractivity contribution < 1.29 is 0 Å². The molecule has 0 N–H and O–H groups in total. The number of para-hydroxylation sites is 1. The topological polar surface area (TPSA) is 54.5 Å². The number of hydrogen-bond donors (Lipinski definition) is 0. The Balaban J connectivity index is 1.89. The molecule has 0 aliphatic rings. The van der Waals surface area contributed by atoms with Crippen LogP contribution < -0.4 is 0 Å². The molecule has 28 heavy (non-hydrogen) atoms. The minimum Gasteiger partial charge on any atom is -0.256 e. The fourth-order valence-corrected chi connectivity index (χ4v) is 3.31. The van der Waals surface area contributed by atoms with Gasteiger partial charge < -0.3 is 0 Å². The van der Waals surface area contributed by atoms with Gasteiger partial charge in [0.25, 0.3) is 0 Å². The van der Waals surface area contributed by atoms with Crippen LogP contribution in [0.3, 0.4) is 0 Å². The first kappa shape index (κ1) is 17.9. The van der Waals surface area contributed by atoms with E-state index < -0.39 is 0 Å². The molecule has 2 heterocycles. The third-order valence-electron chi connectivity index (χ3n) is 4.22. The lowest BCUT2D eigenvalue weighted by Gasteiger charge is -2.02. The Kier molecular flexibility index (Phi) is 5.14. The van der Waals surface area contributed by atoms with Crippen molar-refractivity contribution in [2.24, 2.45) is 0 Å². The Morgan fingerprint density at radius 1 is 1.00 bits per heavy atom. The number of hydrogen-bond acceptors (Lipinski definition) is 3. The molecule has 0 saturated carbocycles.